The van der Waals surface area contributed by atoms with E-state index in [1.54, 1.807) is 11.3 Å². The van der Waals surface area contributed by atoms with Crippen molar-refractivity contribution in [3.63, 3.8) is 0 Å². The summed E-state index contributed by atoms with van der Waals surface area (Å²) in [5.74, 6) is 0.737. The first kappa shape index (κ1) is 11.4. The topological polar surface area (TPSA) is 32.3 Å². The van der Waals surface area contributed by atoms with Crippen LogP contribution in [0.1, 0.15) is 16.8 Å². The lowest BCUT2D eigenvalue weighted by Crippen LogP contribution is -2.43. The van der Waals surface area contributed by atoms with Gasteiger partial charge in [-0.3, -0.25) is 4.79 Å². The number of amides is 1. The maximum absolute atomic E-state index is 12.3. The van der Waals surface area contributed by atoms with Crippen LogP contribution >= 0.6 is 11.3 Å². The van der Waals surface area contributed by atoms with E-state index in [0.29, 0.717) is 12.0 Å². The normalized spacial score (nSPS) is 28.9. The molecule has 3 unspecified atom stereocenters. The monoisotopic (exact) mass is 272 g/mol. The van der Waals surface area contributed by atoms with Crippen LogP contribution in [0.4, 0.5) is 0 Å². The van der Waals surface area contributed by atoms with Gasteiger partial charge < -0.3 is 10.2 Å². The molecule has 2 saturated heterocycles. The van der Waals surface area contributed by atoms with Crippen LogP contribution in [-0.4, -0.2) is 36.5 Å². The van der Waals surface area contributed by atoms with Crippen molar-refractivity contribution in [3.05, 3.63) is 34.5 Å². The highest BCUT2D eigenvalue weighted by atomic mass is 32.1. The van der Waals surface area contributed by atoms with E-state index in [2.05, 4.69) is 21.0 Å². The third-order valence-electron chi connectivity index (χ3n) is 4.39. The minimum absolute atomic E-state index is 0.0758. The number of carbonyl (C=O) groups is 1. The lowest BCUT2D eigenvalue weighted by molar-refractivity contribution is 0.0924. The van der Waals surface area contributed by atoms with Crippen LogP contribution in [0.5, 0.6) is 0 Å². The zero-order valence-electron chi connectivity index (χ0n) is 10.6. The molecule has 2 aliphatic rings. The molecule has 2 bridgehead atoms. The summed E-state index contributed by atoms with van der Waals surface area (Å²) in [6.07, 6.45) is 1.23. The van der Waals surface area contributed by atoms with Crippen LogP contribution in [0.3, 0.4) is 0 Å². The van der Waals surface area contributed by atoms with Crippen LogP contribution in [0.15, 0.2) is 29.0 Å². The van der Waals surface area contributed by atoms with Crippen LogP contribution in [0.25, 0.3) is 10.8 Å². The van der Waals surface area contributed by atoms with Crippen molar-refractivity contribution in [3.8, 4) is 0 Å². The largest absolute Gasteiger partial charge is 0.348 e. The van der Waals surface area contributed by atoms with E-state index in [1.165, 1.54) is 18.4 Å². The third kappa shape index (κ3) is 1.95. The van der Waals surface area contributed by atoms with Gasteiger partial charge in [0.2, 0.25) is 0 Å². The number of nitrogens with one attached hydrogen (secondary N) is 1. The highest BCUT2D eigenvalue weighted by Gasteiger charge is 2.38. The number of hydrogen-bond acceptors (Lipinski definition) is 3. The van der Waals surface area contributed by atoms with E-state index in [-0.39, 0.29) is 5.91 Å². The Morgan fingerprint density at radius 2 is 2.16 bits per heavy atom. The number of rotatable bonds is 2. The molecule has 0 radical (unpaired) electrons. The third-order valence-corrected chi connectivity index (χ3v) is 5.17. The summed E-state index contributed by atoms with van der Waals surface area (Å²) < 4.78 is 0. The summed E-state index contributed by atoms with van der Waals surface area (Å²) in [4.78, 5) is 14.8. The van der Waals surface area contributed by atoms with Crippen LogP contribution in [0.2, 0.25) is 0 Å². The number of hydrogen-bond donors (Lipinski definition) is 1. The molecule has 1 aromatic carbocycles. The minimum Gasteiger partial charge on any atom is -0.348 e. The fraction of sp³-hybridized carbons (Fsp3) is 0.400. The van der Waals surface area contributed by atoms with Gasteiger partial charge in [-0.1, -0.05) is 6.07 Å². The van der Waals surface area contributed by atoms with E-state index in [1.807, 2.05) is 18.2 Å². The molecular formula is C15H16N2OS. The molecule has 1 aromatic heterocycles. The van der Waals surface area contributed by atoms with Gasteiger partial charge in [-0.2, -0.15) is 11.3 Å². The lowest BCUT2D eigenvalue weighted by atomic mass is 9.99. The lowest BCUT2D eigenvalue weighted by Gasteiger charge is -2.23. The first-order valence-corrected chi connectivity index (χ1v) is 7.73. The average Bonchev–Trinajstić information content (AvgIpc) is 3.13. The number of nitrogens with zero attached hydrogens (tertiary/aromatic N) is 1. The molecule has 0 saturated carbocycles. The predicted molar refractivity (Wildman–Crippen MR) is 77.6 cm³/mol. The zero-order chi connectivity index (χ0) is 12.8. The molecule has 2 aliphatic heterocycles. The SMILES string of the molecule is O=C(NC1CN2CCC1C2)c1ccc2cscc2c1. The second kappa shape index (κ2) is 4.32. The highest BCUT2D eigenvalue weighted by Crippen LogP contribution is 2.28. The van der Waals surface area contributed by atoms with Gasteiger partial charge in [0.1, 0.15) is 0 Å². The molecular weight excluding hydrogens is 256 g/mol. The number of benzene rings is 1. The van der Waals surface area contributed by atoms with Crippen molar-refractivity contribution in [1.82, 2.24) is 10.2 Å². The number of carbonyl (C=O) groups excluding carboxylic acids is 1. The average molecular weight is 272 g/mol. The number of piperidine rings is 1. The highest BCUT2D eigenvalue weighted by molar-refractivity contribution is 7.09. The molecule has 2 fully saturated rings. The molecule has 0 aliphatic carbocycles. The summed E-state index contributed by atoms with van der Waals surface area (Å²) in [5.41, 5.74) is 0.781. The van der Waals surface area contributed by atoms with E-state index in [0.717, 1.165) is 24.0 Å². The maximum Gasteiger partial charge on any atom is 0.251 e. The Balaban J connectivity index is 1.53. The fourth-order valence-corrected chi connectivity index (χ4v) is 4.09. The standard InChI is InChI=1S/C15H16N2OS/c18-15(16-14-7-17-4-3-11(14)6-17)10-1-2-12-8-19-9-13(12)5-10/h1-2,5,8-9,11,14H,3-4,6-7H2,(H,16,18). The number of thiophene rings is 1. The Bertz CT molecular complexity index is 636. The van der Waals surface area contributed by atoms with E-state index in [4.69, 9.17) is 0 Å². The van der Waals surface area contributed by atoms with E-state index in [9.17, 15) is 4.79 Å². The fourth-order valence-electron chi connectivity index (χ4n) is 3.31. The predicted octanol–water partition coefficient (Wildman–Crippen LogP) is 2.34. The summed E-state index contributed by atoms with van der Waals surface area (Å²) in [7, 11) is 0. The molecule has 4 heteroatoms. The summed E-state index contributed by atoms with van der Waals surface area (Å²) >= 11 is 1.68. The van der Waals surface area contributed by atoms with Crippen molar-refractivity contribution in [2.75, 3.05) is 19.6 Å². The van der Waals surface area contributed by atoms with Crippen molar-refractivity contribution < 1.29 is 4.79 Å². The first-order valence-electron chi connectivity index (χ1n) is 6.79. The molecule has 19 heavy (non-hydrogen) atoms. The van der Waals surface area contributed by atoms with Crippen LogP contribution in [-0.2, 0) is 0 Å². The van der Waals surface area contributed by atoms with Gasteiger partial charge >= 0.3 is 0 Å². The van der Waals surface area contributed by atoms with Gasteiger partial charge in [0.05, 0.1) is 0 Å². The van der Waals surface area contributed by atoms with Crippen LogP contribution < -0.4 is 5.32 Å². The first-order chi connectivity index (χ1) is 9.29. The second-order valence-electron chi connectivity index (χ2n) is 5.60. The van der Waals surface area contributed by atoms with Gasteiger partial charge in [0, 0.05) is 24.7 Å². The Morgan fingerprint density at radius 3 is 2.95 bits per heavy atom. The van der Waals surface area contributed by atoms with Gasteiger partial charge in [-0.05, 0) is 52.5 Å². The maximum atomic E-state index is 12.3. The van der Waals surface area contributed by atoms with Crippen molar-refractivity contribution in [2.24, 2.45) is 5.92 Å². The molecule has 3 heterocycles. The Hall–Kier alpha value is -1.39. The molecule has 3 nitrogen and oxygen atoms in total. The smallest absolute Gasteiger partial charge is 0.251 e. The van der Waals surface area contributed by atoms with Gasteiger partial charge in [0.15, 0.2) is 0 Å². The van der Waals surface area contributed by atoms with Gasteiger partial charge in [-0.15, -0.1) is 0 Å². The quantitative estimate of drug-likeness (QED) is 0.910. The van der Waals surface area contributed by atoms with Crippen LogP contribution in [0, 0.1) is 5.92 Å². The van der Waals surface area contributed by atoms with Crippen molar-refractivity contribution >= 4 is 28.0 Å². The second-order valence-corrected chi connectivity index (χ2v) is 6.35. The van der Waals surface area contributed by atoms with Gasteiger partial charge in [-0.25, -0.2) is 0 Å². The van der Waals surface area contributed by atoms with Crippen molar-refractivity contribution in [1.29, 1.82) is 0 Å². The zero-order valence-corrected chi connectivity index (χ0v) is 11.5. The Kier molecular flexibility index (Phi) is 2.60. The molecule has 2 aromatic rings. The molecule has 3 atom stereocenters. The molecule has 1 N–H and O–H groups in total. The summed E-state index contributed by atoms with van der Waals surface area (Å²) in [6.45, 7) is 3.39. The Morgan fingerprint density at radius 1 is 1.26 bits per heavy atom. The van der Waals surface area contributed by atoms with Crippen molar-refractivity contribution in [2.45, 2.75) is 12.5 Å². The molecule has 4 rings (SSSR count). The molecule has 98 valence electrons. The van der Waals surface area contributed by atoms with E-state index >= 15 is 0 Å². The van der Waals surface area contributed by atoms with Gasteiger partial charge in [0.25, 0.3) is 5.91 Å². The molecule has 0 spiro atoms. The number of fused-ring (bicyclic) bond motifs is 3. The summed E-state index contributed by atoms with van der Waals surface area (Å²) in [6, 6.07) is 6.30. The molecule has 1 amide bonds. The van der Waals surface area contributed by atoms with E-state index < -0.39 is 0 Å². The Labute approximate surface area is 116 Å². The summed E-state index contributed by atoms with van der Waals surface area (Å²) in [5, 5.41) is 9.79. The minimum atomic E-state index is 0.0758.